The normalized spacial score (nSPS) is 13.4. The molecule has 0 N–H and O–H groups in total. The van der Waals surface area contributed by atoms with Crippen LogP contribution in [-0.4, -0.2) is 9.81 Å². The Hall–Kier alpha value is 0.110. The lowest BCUT2D eigenvalue weighted by Crippen LogP contribution is -1.99. The monoisotopic (exact) mass is 219 g/mol. The average molecular weight is 220 g/mol. The lowest BCUT2D eigenvalue weighted by molar-refractivity contribution is 0.824. The summed E-state index contributed by atoms with van der Waals surface area (Å²) >= 11 is 5.29. The van der Waals surface area contributed by atoms with Crippen LogP contribution in [0.4, 0.5) is 0 Å². The molecule has 0 fully saturated rings. The van der Waals surface area contributed by atoms with Gasteiger partial charge in [0.1, 0.15) is 0 Å². The second-order valence-corrected chi connectivity index (χ2v) is 4.41. The fourth-order valence-corrected chi connectivity index (χ4v) is 1.91. The van der Waals surface area contributed by atoms with Gasteiger partial charge in [-0.25, -0.2) is 4.98 Å². The summed E-state index contributed by atoms with van der Waals surface area (Å²) in [5.41, 5.74) is 0. The fraction of sp³-hybridized carbons (Fsp3) is 0.571. The standard InChI is InChI=1S/C7H10BrNS/c1-2-6(8)5-7-9-3-4-10-7/h3-4,6H,2,5H2,1H3. The minimum Gasteiger partial charge on any atom is -0.250 e. The topological polar surface area (TPSA) is 12.9 Å². The zero-order valence-electron chi connectivity index (χ0n) is 5.88. The molecule has 10 heavy (non-hydrogen) atoms. The third kappa shape index (κ3) is 2.39. The molecule has 1 aromatic rings. The van der Waals surface area contributed by atoms with E-state index in [9.17, 15) is 0 Å². The van der Waals surface area contributed by atoms with Crippen molar-refractivity contribution in [2.45, 2.75) is 24.6 Å². The van der Waals surface area contributed by atoms with Crippen LogP contribution in [-0.2, 0) is 6.42 Å². The van der Waals surface area contributed by atoms with Gasteiger partial charge in [0.25, 0.3) is 0 Å². The Morgan fingerprint density at radius 2 is 2.60 bits per heavy atom. The molecule has 1 nitrogen and oxygen atoms in total. The van der Waals surface area contributed by atoms with Gasteiger partial charge in [0.05, 0.1) is 5.01 Å². The van der Waals surface area contributed by atoms with Gasteiger partial charge in [0.15, 0.2) is 0 Å². The molecule has 1 atom stereocenters. The third-order valence-corrected chi connectivity index (χ3v) is 3.10. The zero-order valence-corrected chi connectivity index (χ0v) is 8.28. The van der Waals surface area contributed by atoms with Crippen LogP contribution in [0.15, 0.2) is 11.6 Å². The van der Waals surface area contributed by atoms with E-state index in [-0.39, 0.29) is 0 Å². The molecule has 1 heterocycles. The first-order valence-electron chi connectivity index (χ1n) is 3.35. The minimum atomic E-state index is 0.596. The van der Waals surface area contributed by atoms with Gasteiger partial charge >= 0.3 is 0 Å². The van der Waals surface area contributed by atoms with Crippen molar-refractivity contribution in [3.05, 3.63) is 16.6 Å². The molecule has 0 aliphatic rings. The van der Waals surface area contributed by atoms with Crippen molar-refractivity contribution >= 4 is 27.3 Å². The first kappa shape index (κ1) is 8.21. The molecule has 0 amide bonds. The number of hydrogen-bond acceptors (Lipinski definition) is 2. The van der Waals surface area contributed by atoms with Crippen molar-refractivity contribution < 1.29 is 0 Å². The lowest BCUT2D eigenvalue weighted by Gasteiger charge is -2.01. The highest BCUT2D eigenvalue weighted by molar-refractivity contribution is 9.09. The molecule has 0 aromatic carbocycles. The van der Waals surface area contributed by atoms with E-state index in [1.54, 1.807) is 11.3 Å². The Balaban J connectivity index is 2.40. The van der Waals surface area contributed by atoms with Crippen LogP contribution in [0.2, 0.25) is 0 Å². The summed E-state index contributed by atoms with van der Waals surface area (Å²) in [6.07, 6.45) is 4.09. The number of thiazole rings is 1. The van der Waals surface area contributed by atoms with E-state index in [0.29, 0.717) is 4.83 Å². The van der Waals surface area contributed by atoms with Crippen LogP contribution < -0.4 is 0 Å². The zero-order chi connectivity index (χ0) is 7.40. The Labute approximate surface area is 73.6 Å². The molecular formula is C7H10BrNS. The summed E-state index contributed by atoms with van der Waals surface area (Å²) in [4.78, 5) is 4.79. The van der Waals surface area contributed by atoms with Crippen molar-refractivity contribution in [3.8, 4) is 0 Å². The fourth-order valence-electron chi connectivity index (χ4n) is 0.688. The van der Waals surface area contributed by atoms with Gasteiger partial charge in [-0.1, -0.05) is 22.9 Å². The molecule has 0 aliphatic carbocycles. The first-order valence-corrected chi connectivity index (χ1v) is 5.15. The molecule has 1 unspecified atom stereocenters. The largest absolute Gasteiger partial charge is 0.250 e. The molecular weight excluding hydrogens is 210 g/mol. The molecule has 0 saturated carbocycles. The van der Waals surface area contributed by atoms with E-state index >= 15 is 0 Å². The Bertz CT molecular complexity index is 174. The molecule has 1 aromatic heterocycles. The lowest BCUT2D eigenvalue weighted by atomic mass is 10.3. The molecule has 0 bridgehead atoms. The Kier molecular flexibility index (Phi) is 3.35. The van der Waals surface area contributed by atoms with Crippen LogP contribution in [0.1, 0.15) is 18.4 Å². The Morgan fingerprint density at radius 3 is 3.10 bits per heavy atom. The molecule has 0 spiro atoms. The molecule has 56 valence electrons. The van der Waals surface area contributed by atoms with Gasteiger partial charge < -0.3 is 0 Å². The summed E-state index contributed by atoms with van der Waals surface area (Å²) in [6, 6.07) is 0. The minimum absolute atomic E-state index is 0.596. The maximum atomic E-state index is 4.19. The summed E-state index contributed by atoms with van der Waals surface area (Å²) in [5, 5.41) is 3.24. The van der Waals surface area contributed by atoms with Crippen LogP contribution >= 0.6 is 27.3 Å². The highest BCUT2D eigenvalue weighted by Gasteiger charge is 2.03. The van der Waals surface area contributed by atoms with Gasteiger partial charge in [-0.05, 0) is 6.42 Å². The van der Waals surface area contributed by atoms with E-state index in [1.165, 1.54) is 11.4 Å². The molecule has 0 saturated heterocycles. The van der Waals surface area contributed by atoms with E-state index in [2.05, 4.69) is 27.8 Å². The van der Waals surface area contributed by atoms with Gasteiger partial charge in [-0.2, -0.15) is 0 Å². The average Bonchev–Trinajstić information content (AvgIpc) is 2.40. The van der Waals surface area contributed by atoms with E-state index in [0.717, 1.165) is 6.42 Å². The molecule has 1 rings (SSSR count). The highest BCUT2D eigenvalue weighted by Crippen LogP contribution is 2.14. The van der Waals surface area contributed by atoms with Gasteiger partial charge in [-0.15, -0.1) is 11.3 Å². The first-order chi connectivity index (χ1) is 4.83. The number of halogens is 1. The molecule has 0 aliphatic heterocycles. The Morgan fingerprint density at radius 1 is 1.80 bits per heavy atom. The SMILES string of the molecule is CCC(Br)Cc1nccs1. The second-order valence-electron chi connectivity index (χ2n) is 2.14. The maximum absolute atomic E-state index is 4.19. The van der Waals surface area contributed by atoms with Gasteiger partial charge in [-0.3, -0.25) is 0 Å². The number of alkyl halides is 1. The number of hydrogen-bond donors (Lipinski definition) is 0. The van der Waals surface area contributed by atoms with Crippen molar-refractivity contribution in [2.75, 3.05) is 0 Å². The van der Waals surface area contributed by atoms with Crippen LogP contribution in [0.25, 0.3) is 0 Å². The summed E-state index contributed by atoms with van der Waals surface area (Å²) in [5.74, 6) is 0. The molecule has 3 heteroatoms. The van der Waals surface area contributed by atoms with Gasteiger partial charge in [0, 0.05) is 22.8 Å². The summed E-state index contributed by atoms with van der Waals surface area (Å²) in [6.45, 7) is 2.17. The van der Waals surface area contributed by atoms with Crippen molar-refractivity contribution in [1.82, 2.24) is 4.98 Å². The smallest absolute Gasteiger partial charge is 0.0935 e. The van der Waals surface area contributed by atoms with E-state index in [1.807, 2.05) is 11.6 Å². The predicted octanol–water partition coefficient (Wildman–Crippen LogP) is 2.86. The van der Waals surface area contributed by atoms with Crippen LogP contribution in [0.5, 0.6) is 0 Å². The second kappa shape index (κ2) is 4.09. The maximum Gasteiger partial charge on any atom is 0.0935 e. The molecule has 0 radical (unpaired) electrons. The van der Waals surface area contributed by atoms with E-state index < -0.39 is 0 Å². The third-order valence-electron chi connectivity index (χ3n) is 1.32. The van der Waals surface area contributed by atoms with Crippen LogP contribution in [0, 0.1) is 0 Å². The van der Waals surface area contributed by atoms with Crippen molar-refractivity contribution in [3.63, 3.8) is 0 Å². The summed E-state index contributed by atoms with van der Waals surface area (Å²) < 4.78 is 0. The van der Waals surface area contributed by atoms with Gasteiger partial charge in [0.2, 0.25) is 0 Å². The highest BCUT2D eigenvalue weighted by atomic mass is 79.9. The van der Waals surface area contributed by atoms with Crippen LogP contribution in [0.3, 0.4) is 0 Å². The predicted molar refractivity (Wildman–Crippen MR) is 48.8 cm³/mol. The number of rotatable bonds is 3. The summed E-state index contributed by atoms with van der Waals surface area (Å²) in [7, 11) is 0. The van der Waals surface area contributed by atoms with Crippen molar-refractivity contribution in [2.24, 2.45) is 0 Å². The quantitative estimate of drug-likeness (QED) is 0.713. The number of nitrogens with zero attached hydrogens (tertiary/aromatic N) is 1. The van der Waals surface area contributed by atoms with Crippen molar-refractivity contribution in [1.29, 1.82) is 0 Å². The number of aromatic nitrogens is 1. The van der Waals surface area contributed by atoms with E-state index in [4.69, 9.17) is 0 Å².